The number of aromatic nitrogens is 1. The Bertz CT molecular complexity index is 434. The van der Waals surface area contributed by atoms with Crippen LogP contribution in [0.4, 0.5) is 24.5 Å². The molecule has 1 saturated heterocycles. The molecule has 0 saturated carbocycles. The fourth-order valence-corrected chi connectivity index (χ4v) is 1.65. The van der Waals surface area contributed by atoms with Crippen LogP contribution in [-0.2, 0) is 15.7 Å². The molecule has 19 heavy (non-hydrogen) atoms. The second kappa shape index (κ2) is 5.62. The van der Waals surface area contributed by atoms with Crippen molar-refractivity contribution in [1.29, 1.82) is 0 Å². The van der Waals surface area contributed by atoms with E-state index in [4.69, 9.17) is 15.2 Å². The van der Waals surface area contributed by atoms with Crippen LogP contribution < -0.4 is 11.1 Å². The minimum atomic E-state index is -4.49. The molecular formula is C11H14F3N3O2. The lowest BCUT2D eigenvalue weighted by atomic mass is 10.2. The lowest BCUT2D eigenvalue weighted by Crippen LogP contribution is -2.34. The van der Waals surface area contributed by atoms with Gasteiger partial charge in [0.05, 0.1) is 43.5 Å². The van der Waals surface area contributed by atoms with Gasteiger partial charge < -0.3 is 20.5 Å². The van der Waals surface area contributed by atoms with Crippen molar-refractivity contribution < 1.29 is 22.6 Å². The number of anilines is 2. The van der Waals surface area contributed by atoms with Gasteiger partial charge in [0, 0.05) is 6.54 Å². The van der Waals surface area contributed by atoms with Crippen molar-refractivity contribution in [2.45, 2.75) is 12.3 Å². The summed E-state index contributed by atoms with van der Waals surface area (Å²) in [6.45, 7) is 1.74. The Hall–Kier alpha value is -1.54. The first-order valence-corrected chi connectivity index (χ1v) is 5.73. The summed E-state index contributed by atoms with van der Waals surface area (Å²) in [5, 5.41) is 2.83. The zero-order valence-corrected chi connectivity index (χ0v) is 10.0. The molecule has 0 bridgehead atoms. The largest absolute Gasteiger partial charge is 0.433 e. The SMILES string of the molecule is Nc1cnc(C(F)(F)F)cc1NCC1COCCO1. The number of hydrogen-bond donors (Lipinski definition) is 2. The van der Waals surface area contributed by atoms with Crippen molar-refractivity contribution >= 4 is 11.4 Å². The number of rotatable bonds is 3. The number of nitrogens with two attached hydrogens (primary N) is 1. The molecule has 0 aliphatic carbocycles. The summed E-state index contributed by atoms with van der Waals surface area (Å²) in [4.78, 5) is 3.26. The first-order chi connectivity index (χ1) is 8.97. The predicted octanol–water partition coefficient (Wildman–Crippen LogP) is 1.51. The minimum absolute atomic E-state index is 0.157. The topological polar surface area (TPSA) is 69.4 Å². The van der Waals surface area contributed by atoms with Gasteiger partial charge in [-0.2, -0.15) is 13.2 Å². The molecule has 106 valence electrons. The number of ether oxygens (including phenoxy) is 2. The smallest absolute Gasteiger partial charge is 0.396 e. The average molecular weight is 277 g/mol. The highest BCUT2D eigenvalue weighted by molar-refractivity contribution is 5.65. The minimum Gasteiger partial charge on any atom is -0.396 e. The average Bonchev–Trinajstić information content (AvgIpc) is 2.37. The molecule has 8 heteroatoms. The fourth-order valence-electron chi connectivity index (χ4n) is 1.65. The van der Waals surface area contributed by atoms with Crippen LogP contribution in [0, 0.1) is 0 Å². The van der Waals surface area contributed by atoms with Crippen molar-refractivity contribution in [3.8, 4) is 0 Å². The van der Waals surface area contributed by atoms with Gasteiger partial charge in [0.2, 0.25) is 0 Å². The maximum absolute atomic E-state index is 12.5. The zero-order valence-electron chi connectivity index (χ0n) is 10.0. The number of alkyl halides is 3. The Labute approximate surface area is 107 Å². The van der Waals surface area contributed by atoms with Gasteiger partial charge in [0.15, 0.2) is 0 Å². The van der Waals surface area contributed by atoms with Gasteiger partial charge in [-0.1, -0.05) is 0 Å². The summed E-state index contributed by atoms with van der Waals surface area (Å²) in [5.41, 5.74) is 4.95. The quantitative estimate of drug-likeness (QED) is 0.876. The lowest BCUT2D eigenvalue weighted by Gasteiger charge is -2.24. The Morgan fingerprint density at radius 3 is 2.84 bits per heavy atom. The van der Waals surface area contributed by atoms with Gasteiger partial charge in [-0.25, -0.2) is 4.98 Å². The van der Waals surface area contributed by atoms with Crippen LogP contribution in [0.5, 0.6) is 0 Å². The van der Waals surface area contributed by atoms with E-state index in [9.17, 15) is 13.2 Å². The summed E-state index contributed by atoms with van der Waals surface area (Å²) >= 11 is 0. The number of nitrogens with zero attached hydrogens (tertiary/aromatic N) is 1. The molecule has 5 nitrogen and oxygen atoms in total. The molecule has 2 heterocycles. The third-order valence-corrected chi connectivity index (χ3v) is 2.63. The molecule has 0 amide bonds. The number of halogens is 3. The highest BCUT2D eigenvalue weighted by Crippen LogP contribution is 2.31. The van der Waals surface area contributed by atoms with Crippen molar-refractivity contribution in [3.05, 3.63) is 18.0 Å². The molecule has 1 aromatic heterocycles. The van der Waals surface area contributed by atoms with Crippen LogP contribution in [0.3, 0.4) is 0 Å². The van der Waals surface area contributed by atoms with Crippen molar-refractivity contribution in [1.82, 2.24) is 4.98 Å². The third kappa shape index (κ3) is 3.71. The Balaban J connectivity index is 2.02. The molecule has 1 aliphatic heterocycles. The summed E-state index contributed by atoms with van der Waals surface area (Å²) < 4.78 is 48.1. The van der Waals surface area contributed by atoms with Crippen LogP contribution in [0.25, 0.3) is 0 Å². The molecular weight excluding hydrogens is 263 g/mol. The molecule has 1 aliphatic rings. The van der Waals surface area contributed by atoms with Crippen molar-refractivity contribution in [3.63, 3.8) is 0 Å². The van der Waals surface area contributed by atoms with E-state index in [0.717, 1.165) is 12.3 Å². The monoisotopic (exact) mass is 277 g/mol. The highest BCUT2D eigenvalue weighted by atomic mass is 19.4. The van der Waals surface area contributed by atoms with Gasteiger partial charge in [-0.05, 0) is 6.07 Å². The van der Waals surface area contributed by atoms with Crippen LogP contribution in [0.2, 0.25) is 0 Å². The lowest BCUT2D eigenvalue weighted by molar-refractivity contribution is -0.141. The second-order valence-electron chi connectivity index (χ2n) is 4.10. The van der Waals surface area contributed by atoms with Gasteiger partial charge in [0.1, 0.15) is 5.69 Å². The van der Waals surface area contributed by atoms with Crippen LogP contribution in [0.15, 0.2) is 12.3 Å². The zero-order chi connectivity index (χ0) is 13.9. The molecule has 0 radical (unpaired) electrons. The summed E-state index contributed by atoms with van der Waals surface area (Å²) in [5.74, 6) is 0. The van der Waals surface area contributed by atoms with Crippen molar-refractivity contribution in [2.75, 3.05) is 37.4 Å². The molecule has 1 aromatic rings. The molecule has 0 spiro atoms. The van der Waals surface area contributed by atoms with Gasteiger partial charge in [0.25, 0.3) is 0 Å². The molecule has 1 fully saturated rings. The van der Waals surface area contributed by atoms with E-state index < -0.39 is 11.9 Å². The first kappa shape index (κ1) is 13.9. The molecule has 0 aromatic carbocycles. The van der Waals surface area contributed by atoms with Gasteiger partial charge in [-0.15, -0.1) is 0 Å². The summed E-state index contributed by atoms with van der Waals surface area (Å²) in [6.07, 6.45) is -3.70. The van der Waals surface area contributed by atoms with E-state index in [1.165, 1.54) is 0 Å². The van der Waals surface area contributed by atoms with Crippen LogP contribution >= 0.6 is 0 Å². The Kier molecular flexibility index (Phi) is 4.11. The van der Waals surface area contributed by atoms with E-state index in [0.29, 0.717) is 26.4 Å². The molecule has 3 N–H and O–H groups in total. The summed E-state index contributed by atoms with van der Waals surface area (Å²) in [7, 11) is 0. The van der Waals surface area contributed by atoms with E-state index in [2.05, 4.69) is 10.3 Å². The van der Waals surface area contributed by atoms with Crippen LogP contribution in [0.1, 0.15) is 5.69 Å². The van der Waals surface area contributed by atoms with Gasteiger partial charge >= 0.3 is 6.18 Å². The first-order valence-electron chi connectivity index (χ1n) is 5.73. The highest BCUT2D eigenvalue weighted by Gasteiger charge is 2.33. The number of pyridine rings is 1. The number of nitrogens with one attached hydrogen (secondary N) is 1. The fraction of sp³-hybridized carbons (Fsp3) is 0.545. The van der Waals surface area contributed by atoms with E-state index in [1.54, 1.807) is 0 Å². The Morgan fingerprint density at radius 2 is 2.21 bits per heavy atom. The maximum Gasteiger partial charge on any atom is 0.433 e. The number of hydrogen-bond acceptors (Lipinski definition) is 5. The van der Waals surface area contributed by atoms with Crippen molar-refractivity contribution in [2.24, 2.45) is 0 Å². The predicted molar refractivity (Wildman–Crippen MR) is 62.7 cm³/mol. The third-order valence-electron chi connectivity index (χ3n) is 2.63. The van der Waals surface area contributed by atoms with E-state index in [-0.39, 0.29) is 17.5 Å². The van der Waals surface area contributed by atoms with E-state index >= 15 is 0 Å². The summed E-state index contributed by atoms with van der Waals surface area (Å²) in [6, 6.07) is 0.888. The molecule has 1 atom stereocenters. The molecule has 1 unspecified atom stereocenters. The molecule has 2 rings (SSSR count). The van der Waals surface area contributed by atoms with E-state index in [1.807, 2.05) is 0 Å². The standard InChI is InChI=1S/C11H14F3N3O2/c12-11(13,14)10-3-9(8(15)5-17-10)16-4-7-6-18-1-2-19-7/h3,5,7H,1-2,4,6,15H2,(H,16,17). The maximum atomic E-state index is 12.5. The van der Waals surface area contributed by atoms with Crippen LogP contribution in [-0.4, -0.2) is 37.5 Å². The number of nitrogen functional groups attached to an aromatic ring is 1. The Morgan fingerprint density at radius 1 is 1.42 bits per heavy atom. The van der Waals surface area contributed by atoms with Gasteiger partial charge in [-0.3, -0.25) is 0 Å². The normalized spacial score (nSPS) is 20.3. The second-order valence-corrected chi connectivity index (χ2v) is 4.10.